The van der Waals surface area contributed by atoms with Crippen LogP contribution in [0.2, 0.25) is 0 Å². The Morgan fingerprint density at radius 1 is 1.25 bits per heavy atom. The van der Waals surface area contributed by atoms with Gasteiger partial charge in [0.15, 0.2) is 0 Å². The fourth-order valence-electron chi connectivity index (χ4n) is 2.26. The number of carbonyl (C=O) groups is 2. The lowest BCUT2D eigenvalue weighted by molar-refractivity contribution is -0.115. The second-order valence-corrected chi connectivity index (χ2v) is 4.99. The van der Waals surface area contributed by atoms with E-state index in [0.717, 1.165) is 36.9 Å². The van der Waals surface area contributed by atoms with Crippen LogP contribution in [0.3, 0.4) is 0 Å². The van der Waals surface area contributed by atoms with Gasteiger partial charge in [0, 0.05) is 24.4 Å². The molecule has 0 unspecified atom stereocenters. The van der Waals surface area contributed by atoms with Gasteiger partial charge in [-0.05, 0) is 36.6 Å². The Labute approximate surface area is 118 Å². The molecule has 1 heterocycles. The highest BCUT2D eigenvalue weighted by Gasteiger charge is 2.18. The number of amides is 2. The van der Waals surface area contributed by atoms with Crippen molar-refractivity contribution in [3.63, 3.8) is 0 Å². The van der Waals surface area contributed by atoms with E-state index in [1.165, 1.54) is 0 Å². The van der Waals surface area contributed by atoms with Crippen molar-refractivity contribution >= 4 is 17.5 Å². The number of hydrogen-bond acceptors (Lipinski definition) is 3. The summed E-state index contributed by atoms with van der Waals surface area (Å²) in [6.07, 6.45) is 4.07. The molecular weight excluding hydrogens is 256 g/mol. The molecule has 0 spiro atoms. The zero-order valence-corrected chi connectivity index (χ0v) is 11.4. The third-order valence-corrected chi connectivity index (χ3v) is 3.36. The quantitative estimate of drug-likeness (QED) is 0.660. The fourth-order valence-corrected chi connectivity index (χ4v) is 2.26. The van der Waals surface area contributed by atoms with Gasteiger partial charge in [-0.25, -0.2) is 0 Å². The maximum absolute atomic E-state index is 12.0. The third kappa shape index (κ3) is 3.81. The van der Waals surface area contributed by atoms with Crippen molar-refractivity contribution in [2.75, 3.05) is 18.5 Å². The number of anilines is 1. The van der Waals surface area contributed by atoms with E-state index in [4.69, 9.17) is 5.11 Å². The lowest BCUT2D eigenvalue weighted by Gasteiger charge is -2.06. The molecule has 0 atom stereocenters. The van der Waals surface area contributed by atoms with Gasteiger partial charge in [-0.15, -0.1) is 0 Å². The molecule has 0 saturated heterocycles. The first-order valence-electron chi connectivity index (χ1n) is 7.02. The maximum Gasteiger partial charge on any atom is 0.251 e. The van der Waals surface area contributed by atoms with Crippen LogP contribution in [0.15, 0.2) is 18.2 Å². The van der Waals surface area contributed by atoms with E-state index in [0.29, 0.717) is 18.5 Å². The van der Waals surface area contributed by atoms with Crippen molar-refractivity contribution in [1.29, 1.82) is 0 Å². The summed E-state index contributed by atoms with van der Waals surface area (Å²) in [6, 6.07) is 5.27. The van der Waals surface area contributed by atoms with E-state index in [2.05, 4.69) is 10.6 Å². The molecule has 0 aliphatic carbocycles. The number of nitrogens with one attached hydrogen (secondary N) is 2. The van der Waals surface area contributed by atoms with Crippen LogP contribution < -0.4 is 10.6 Å². The molecule has 5 nitrogen and oxygen atoms in total. The highest BCUT2D eigenvalue weighted by molar-refractivity contribution is 6.01. The average Bonchev–Trinajstić information content (AvgIpc) is 2.81. The summed E-state index contributed by atoms with van der Waals surface area (Å²) in [7, 11) is 0. The minimum Gasteiger partial charge on any atom is -0.396 e. The molecule has 0 radical (unpaired) electrons. The molecule has 1 aromatic rings. The van der Waals surface area contributed by atoms with Crippen molar-refractivity contribution in [2.24, 2.45) is 0 Å². The summed E-state index contributed by atoms with van der Waals surface area (Å²) in [5.41, 5.74) is 2.27. The minimum absolute atomic E-state index is 0.0264. The molecular formula is C15H20N2O3. The average molecular weight is 276 g/mol. The van der Waals surface area contributed by atoms with E-state index in [1.54, 1.807) is 18.2 Å². The molecule has 0 aromatic heterocycles. The van der Waals surface area contributed by atoms with Crippen molar-refractivity contribution in [2.45, 2.75) is 32.1 Å². The van der Waals surface area contributed by atoms with Crippen LogP contribution in [0.1, 0.15) is 41.6 Å². The van der Waals surface area contributed by atoms with Crippen LogP contribution in [-0.4, -0.2) is 30.1 Å². The van der Waals surface area contributed by atoms with Crippen LogP contribution in [0, 0.1) is 0 Å². The Hall–Kier alpha value is -1.88. The van der Waals surface area contributed by atoms with Gasteiger partial charge in [-0.2, -0.15) is 0 Å². The second kappa shape index (κ2) is 7.05. The molecule has 108 valence electrons. The van der Waals surface area contributed by atoms with Gasteiger partial charge in [0.05, 0.1) is 6.42 Å². The van der Waals surface area contributed by atoms with Gasteiger partial charge in [0.2, 0.25) is 5.91 Å². The molecule has 3 N–H and O–H groups in total. The highest BCUT2D eigenvalue weighted by atomic mass is 16.3. The molecule has 1 aliphatic rings. The van der Waals surface area contributed by atoms with Gasteiger partial charge in [-0.1, -0.05) is 12.8 Å². The lowest BCUT2D eigenvalue weighted by Crippen LogP contribution is -2.24. The summed E-state index contributed by atoms with van der Waals surface area (Å²) >= 11 is 0. The van der Waals surface area contributed by atoms with Crippen molar-refractivity contribution in [3.8, 4) is 0 Å². The molecule has 5 heteroatoms. The molecule has 0 fully saturated rings. The third-order valence-electron chi connectivity index (χ3n) is 3.36. The van der Waals surface area contributed by atoms with Crippen LogP contribution in [0.4, 0.5) is 5.69 Å². The fraction of sp³-hybridized carbons (Fsp3) is 0.467. The van der Waals surface area contributed by atoms with E-state index >= 15 is 0 Å². The Bertz CT molecular complexity index is 500. The zero-order chi connectivity index (χ0) is 14.4. The molecule has 2 amide bonds. The normalized spacial score (nSPS) is 12.9. The lowest BCUT2D eigenvalue weighted by atomic mass is 10.1. The Balaban J connectivity index is 1.79. The van der Waals surface area contributed by atoms with Crippen molar-refractivity contribution < 1.29 is 14.7 Å². The predicted octanol–water partition coefficient (Wildman–Crippen LogP) is 1.46. The zero-order valence-electron chi connectivity index (χ0n) is 11.4. The number of rotatable bonds is 7. The Morgan fingerprint density at radius 2 is 2.05 bits per heavy atom. The molecule has 1 aliphatic heterocycles. The number of carbonyl (C=O) groups excluding carboxylic acids is 2. The van der Waals surface area contributed by atoms with Gasteiger partial charge in [-0.3, -0.25) is 9.59 Å². The maximum atomic E-state index is 12.0. The smallest absolute Gasteiger partial charge is 0.251 e. The monoisotopic (exact) mass is 276 g/mol. The number of unbranched alkanes of at least 4 members (excludes halogenated alkanes) is 3. The molecule has 0 bridgehead atoms. The Morgan fingerprint density at radius 3 is 2.85 bits per heavy atom. The number of fused-ring (bicyclic) bond motifs is 1. The Kier molecular flexibility index (Phi) is 5.12. The van der Waals surface area contributed by atoms with Gasteiger partial charge in [0.1, 0.15) is 0 Å². The van der Waals surface area contributed by atoms with E-state index < -0.39 is 0 Å². The number of aliphatic hydroxyl groups is 1. The number of benzene rings is 1. The van der Waals surface area contributed by atoms with E-state index in [-0.39, 0.29) is 18.4 Å². The van der Waals surface area contributed by atoms with Crippen LogP contribution >= 0.6 is 0 Å². The first-order valence-corrected chi connectivity index (χ1v) is 7.02. The van der Waals surface area contributed by atoms with Crippen molar-refractivity contribution in [1.82, 2.24) is 5.32 Å². The standard InChI is InChI=1S/C15H20N2O3/c18-8-4-2-1-3-7-16-15(20)11-5-6-13-12(9-11)10-14(19)17-13/h5-6,9,18H,1-4,7-8,10H2,(H,16,20)(H,17,19). The first kappa shape index (κ1) is 14.5. The first-order chi connectivity index (χ1) is 9.70. The molecule has 1 aromatic carbocycles. The predicted molar refractivity (Wildman–Crippen MR) is 76.7 cm³/mol. The second-order valence-electron chi connectivity index (χ2n) is 4.99. The van der Waals surface area contributed by atoms with E-state index in [1.807, 2.05) is 0 Å². The number of hydrogen-bond donors (Lipinski definition) is 3. The summed E-state index contributed by atoms with van der Waals surface area (Å²) < 4.78 is 0. The van der Waals surface area contributed by atoms with Crippen molar-refractivity contribution in [3.05, 3.63) is 29.3 Å². The topological polar surface area (TPSA) is 78.4 Å². The highest BCUT2D eigenvalue weighted by Crippen LogP contribution is 2.23. The minimum atomic E-state index is -0.102. The summed E-state index contributed by atoms with van der Waals surface area (Å²) in [5.74, 6) is -0.129. The van der Waals surface area contributed by atoms with Gasteiger partial charge < -0.3 is 15.7 Å². The SMILES string of the molecule is O=C1Cc2cc(C(=O)NCCCCCCO)ccc2N1. The van der Waals surface area contributed by atoms with Gasteiger partial charge >= 0.3 is 0 Å². The largest absolute Gasteiger partial charge is 0.396 e. The summed E-state index contributed by atoms with van der Waals surface area (Å²) in [5, 5.41) is 14.3. The van der Waals surface area contributed by atoms with Gasteiger partial charge in [0.25, 0.3) is 5.91 Å². The summed E-state index contributed by atoms with van der Waals surface area (Å²) in [4.78, 5) is 23.2. The molecule has 0 saturated carbocycles. The number of aliphatic hydroxyl groups excluding tert-OH is 1. The van der Waals surface area contributed by atoms with Crippen LogP contribution in [0.25, 0.3) is 0 Å². The summed E-state index contributed by atoms with van der Waals surface area (Å²) in [6.45, 7) is 0.868. The molecule has 2 rings (SSSR count). The van der Waals surface area contributed by atoms with E-state index in [9.17, 15) is 9.59 Å². The van der Waals surface area contributed by atoms with Crippen LogP contribution in [-0.2, 0) is 11.2 Å². The van der Waals surface area contributed by atoms with Crippen LogP contribution in [0.5, 0.6) is 0 Å². The molecule has 20 heavy (non-hydrogen) atoms.